The summed E-state index contributed by atoms with van der Waals surface area (Å²) in [6.07, 6.45) is 4.09. The summed E-state index contributed by atoms with van der Waals surface area (Å²) < 4.78 is 0. The molecule has 2 heterocycles. The number of carbonyl (C=O) groups is 1. The minimum atomic E-state index is -0.852. The largest absolute Gasteiger partial charge is 0.383 e. The van der Waals surface area contributed by atoms with Crippen molar-refractivity contribution in [3.63, 3.8) is 0 Å². The zero-order valence-electron chi connectivity index (χ0n) is 10.5. The molecule has 2 atom stereocenters. The van der Waals surface area contributed by atoms with E-state index in [0.717, 1.165) is 31.4 Å². The second-order valence-corrected chi connectivity index (χ2v) is 5.39. The number of benzene rings is 1. The number of aliphatic hydroxyl groups is 1. The van der Waals surface area contributed by atoms with E-state index in [1.165, 1.54) is 0 Å². The van der Waals surface area contributed by atoms with Crippen molar-refractivity contribution in [1.82, 2.24) is 4.90 Å². The van der Waals surface area contributed by atoms with E-state index < -0.39 is 5.60 Å². The molecule has 2 saturated heterocycles. The lowest BCUT2D eigenvalue weighted by Gasteiger charge is -2.49. The van der Waals surface area contributed by atoms with Crippen LogP contribution in [0.15, 0.2) is 30.3 Å². The van der Waals surface area contributed by atoms with E-state index in [4.69, 9.17) is 0 Å². The predicted molar refractivity (Wildman–Crippen MR) is 68.9 cm³/mol. The van der Waals surface area contributed by atoms with Gasteiger partial charge < -0.3 is 10.0 Å². The highest BCUT2D eigenvalue weighted by Crippen LogP contribution is 2.41. The van der Waals surface area contributed by atoms with Gasteiger partial charge in [0.2, 0.25) is 5.91 Å². The highest BCUT2D eigenvalue weighted by Gasteiger charge is 2.47. The Kier molecular flexibility index (Phi) is 2.86. The van der Waals surface area contributed by atoms with Crippen LogP contribution < -0.4 is 0 Å². The molecule has 0 radical (unpaired) electrons. The molecule has 3 rings (SSSR count). The highest BCUT2D eigenvalue weighted by atomic mass is 16.3. The first kappa shape index (κ1) is 11.7. The standard InChI is InChI=1S/C15H19NO2/c17-14-9-10-15(18,12-6-2-1-3-7-12)13-8-4-5-11-16(13)14/h1-3,6-7,13,18H,4-5,8-11H2/t13-,15+/m0/s1. The summed E-state index contributed by atoms with van der Waals surface area (Å²) in [6, 6.07) is 9.79. The van der Waals surface area contributed by atoms with Crippen LogP contribution in [0.2, 0.25) is 0 Å². The van der Waals surface area contributed by atoms with E-state index in [2.05, 4.69) is 0 Å². The Hall–Kier alpha value is -1.35. The first-order valence-corrected chi connectivity index (χ1v) is 6.79. The number of piperidine rings is 2. The molecule has 0 aromatic heterocycles. The van der Waals surface area contributed by atoms with E-state index in [0.29, 0.717) is 12.8 Å². The first-order chi connectivity index (χ1) is 8.72. The van der Waals surface area contributed by atoms with Crippen LogP contribution in [0.1, 0.15) is 37.7 Å². The van der Waals surface area contributed by atoms with E-state index in [-0.39, 0.29) is 11.9 Å². The van der Waals surface area contributed by atoms with Gasteiger partial charge in [0.15, 0.2) is 0 Å². The van der Waals surface area contributed by atoms with Crippen LogP contribution in [0.25, 0.3) is 0 Å². The van der Waals surface area contributed by atoms with Crippen molar-refractivity contribution < 1.29 is 9.90 Å². The van der Waals surface area contributed by atoms with Gasteiger partial charge in [-0.2, -0.15) is 0 Å². The molecular formula is C15H19NO2. The lowest BCUT2D eigenvalue weighted by atomic mass is 9.75. The maximum Gasteiger partial charge on any atom is 0.223 e. The normalized spacial score (nSPS) is 32.2. The molecule has 3 nitrogen and oxygen atoms in total. The number of nitrogens with zero attached hydrogens (tertiary/aromatic N) is 1. The third kappa shape index (κ3) is 1.74. The minimum Gasteiger partial charge on any atom is -0.383 e. The Morgan fingerprint density at radius 1 is 1.22 bits per heavy atom. The second-order valence-electron chi connectivity index (χ2n) is 5.39. The van der Waals surface area contributed by atoms with Crippen LogP contribution >= 0.6 is 0 Å². The fourth-order valence-corrected chi connectivity index (χ4v) is 3.40. The van der Waals surface area contributed by atoms with Crippen LogP contribution in [0, 0.1) is 0 Å². The fourth-order valence-electron chi connectivity index (χ4n) is 3.40. The maximum atomic E-state index is 12.0. The molecule has 96 valence electrons. The molecule has 2 aliphatic heterocycles. The highest BCUT2D eigenvalue weighted by molar-refractivity contribution is 5.78. The van der Waals surface area contributed by atoms with Crippen LogP contribution in [-0.4, -0.2) is 28.5 Å². The Morgan fingerprint density at radius 2 is 2.00 bits per heavy atom. The molecule has 0 bridgehead atoms. The molecule has 0 saturated carbocycles. The number of hydrogen-bond donors (Lipinski definition) is 1. The van der Waals surface area contributed by atoms with Gasteiger partial charge >= 0.3 is 0 Å². The summed E-state index contributed by atoms with van der Waals surface area (Å²) in [7, 11) is 0. The van der Waals surface area contributed by atoms with Crippen LogP contribution in [0.5, 0.6) is 0 Å². The molecule has 1 aromatic carbocycles. The van der Waals surface area contributed by atoms with Gasteiger partial charge in [0.05, 0.1) is 6.04 Å². The molecule has 1 N–H and O–H groups in total. The third-order valence-corrected chi connectivity index (χ3v) is 4.37. The molecule has 18 heavy (non-hydrogen) atoms. The lowest BCUT2D eigenvalue weighted by molar-refractivity contribution is -0.157. The van der Waals surface area contributed by atoms with Crippen LogP contribution in [-0.2, 0) is 10.4 Å². The van der Waals surface area contributed by atoms with Crippen molar-refractivity contribution in [3.8, 4) is 0 Å². The Balaban J connectivity index is 1.98. The van der Waals surface area contributed by atoms with E-state index >= 15 is 0 Å². The van der Waals surface area contributed by atoms with Crippen molar-refractivity contribution in [1.29, 1.82) is 0 Å². The van der Waals surface area contributed by atoms with Gasteiger partial charge in [0.25, 0.3) is 0 Å². The molecule has 1 amide bonds. The van der Waals surface area contributed by atoms with Crippen molar-refractivity contribution in [3.05, 3.63) is 35.9 Å². The summed E-state index contributed by atoms with van der Waals surface area (Å²) in [5.41, 5.74) is 0.102. The number of carbonyl (C=O) groups excluding carboxylic acids is 1. The van der Waals surface area contributed by atoms with Gasteiger partial charge in [-0.1, -0.05) is 30.3 Å². The van der Waals surface area contributed by atoms with Gasteiger partial charge in [-0.15, -0.1) is 0 Å². The average molecular weight is 245 g/mol. The molecule has 0 aliphatic carbocycles. The average Bonchev–Trinajstić information content (AvgIpc) is 2.44. The Morgan fingerprint density at radius 3 is 2.78 bits per heavy atom. The molecule has 1 aromatic rings. The molecule has 0 spiro atoms. The summed E-state index contributed by atoms with van der Waals surface area (Å²) in [4.78, 5) is 13.9. The minimum absolute atomic E-state index is 0.0325. The number of fused-ring (bicyclic) bond motifs is 1. The topological polar surface area (TPSA) is 40.5 Å². The third-order valence-electron chi connectivity index (χ3n) is 4.37. The SMILES string of the molecule is O=C1CC[C@@](O)(c2ccccc2)[C@@H]2CCCCN12. The smallest absolute Gasteiger partial charge is 0.223 e. The predicted octanol–water partition coefficient (Wildman–Crippen LogP) is 2.05. The van der Waals surface area contributed by atoms with Crippen molar-refractivity contribution >= 4 is 5.91 Å². The summed E-state index contributed by atoms with van der Waals surface area (Å²) in [5.74, 6) is 0.209. The summed E-state index contributed by atoms with van der Waals surface area (Å²) in [5, 5.41) is 11.1. The zero-order valence-corrected chi connectivity index (χ0v) is 10.5. The van der Waals surface area contributed by atoms with Crippen molar-refractivity contribution in [2.24, 2.45) is 0 Å². The number of amides is 1. The van der Waals surface area contributed by atoms with Gasteiger partial charge in [-0.25, -0.2) is 0 Å². The van der Waals surface area contributed by atoms with Crippen molar-refractivity contribution in [2.45, 2.75) is 43.7 Å². The van der Waals surface area contributed by atoms with E-state index in [1.807, 2.05) is 35.2 Å². The Labute approximate surface area is 107 Å². The molecule has 0 unspecified atom stereocenters. The molecule has 3 heteroatoms. The second kappa shape index (κ2) is 4.39. The summed E-state index contributed by atoms with van der Waals surface area (Å²) in [6.45, 7) is 0.804. The Bertz CT molecular complexity index is 445. The molecule has 2 fully saturated rings. The molecule has 2 aliphatic rings. The number of hydrogen-bond acceptors (Lipinski definition) is 2. The van der Waals surface area contributed by atoms with Gasteiger partial charge in [-0.05, 0) is 31.2 Å². The van der Waals surface area contributed by atoms with Gasteiger partial charge in [0.1, 0.15) is 5.60 Å². The zero-order chi connectivity index (χ0) is 12.6. The monoisotopic (exact) mass is 245 g/mol. The quantitative estimate of drug-likeness (QED) is 0.822. The lowest BCUT2D eigenvalue weighted by Crippen LogP contribution is -2.58. The molecular weight excluding hydrogens is 226 g/mol. The maximum absolute atomic E-state index is 12.0. The van der Waals surface area contributed by atoms with Gasteiger partial charge in [0, 0.05) is 13.0 Å². The summed E-state index contributed by atoms with van der Waals surface area (Å²) >= 11 is 0. The number of rotatable bonds is 1. The van der Waals surface area contributed by atoms with E-state index in [9.17, 15) is 9.90 Å². The van der Waals surface area contributed by atoms with Crippen LogP contribution in [0.4, 0.5) is 0 Å². The first-order valence-electron chi connectivity index (χ1n) is 6.79. The van der Waals surface area contributed by atoms with Gasteiger partial charge in [-0.3, -0.25) is 4.79 Å². The van der Waals surface area contributed by atoms with Crippen LogP contribution in [0.3, 0.4) is 0 Å². The van der Waals surface area contributed by atoms with Crippen molar-refractivity contribution in [2.75, 3.05) is 6.54 Å². The fraction of sp³-hybridized carbons (Fsp3) is 0.533. The van der Waals surface area contributed by atoms with E-state index in [1.54, 1.807) is 0 Å².